The first-order valence-electron chi connectivity index (χ1n) is 13.6. The first kappa shape index (κ1) is 29.3. The first-order chi connectivity index (χ1) is 15.9. The van der Waals surface area contributed by atoms with Crippen molar-refractivity contribution in [3.63, 3.8) is 0 Å². The van der Waals surface area contributed by atoms with Gasteiger partial charge in [0.1, 0.15) is 0 Å². The molecule has 1 aliphatic heterocycles. The van der Waals surface area contributed by atoms with Gasteiger partial charge in [-0.05, 0) is 38.8 Å². The highest BCUT2D eigenvalue weighted by Gasteiger charge is 2.21. The number of anilines is 1. The van der Waals surface area contributed by atoms with Crippen molar-refractivity contribution >= 4 is 17.2 Å². The Hall–Kier alpha value is -1.77. The van der Waals surface area contributed by atoms with Crippen LogP contribution < -0.4 is 5.32 Å². The lowest BCUT2D eigenvalue weighted by Crippen LogP contribution is -2.31. The van der Waals surface area contributed by atoms with Crippen LogP contribution in [0.3, 0.4) is 0 Å². The molecule has 1 aromatic rings. The van der Waals surface area contributed by atoms with Crippen LogP contribution in [0, 0.1) is 0 Å². The van der Waals surface area contributed by atoms with E-state index in [4.69, 9.17) is 5.11 Å². The molecule has 0 unspecified atom stereocenters. The number of unbranched alkanes of at least 4 members (excludes halogenated alkanes) is 14. The Morgan fingerprint density at radius 3 is 1.73 bits per heavy atom. The Labute approximate surface area is 204 Å². The van der Waals surface area contributed by atoms with E-state index in [-0.39, 0.29) is 5.54 Å². The highest BCUT2D eigenvalue weighted by atomic mass is 16.4. The van der Waals surface area contributed by atoms with E-state index in [1.165, 1.54) is 100 Å². The summed E-state index contributed by atoms with van der Waals surface area (Å²) in [6.45, 7) is 8.81. The number of hydrogen-bond donors (Lipinski definition) is 2. The standard InChI is InChI=1S/C18H36O2.C12H15N/c1-2-3-4-5-6-7-8-9-10-11-12-13-14-15-16-17-18(19)20;1-9-8-12(2,3)13-11-7-5-4-6-10(9)11/h2-17H2,1H3,(H,19,20);4-8,13H,1-3H3. The average molecular weight is 458 g/mol. The molecule has 1 heterocycles. The summed E-state index contributed by atoms with van der Waals surface area (Å²) in [6, 6.07) is 8.44. The molecule has 3 heteroatoms. The van der Waals surface area contributed by atoms with Crippen LogP contribution in [-0.4, -0.2) is 16.6 Å². The van der Waals surface area contributed by atoms with Crippen LogP contribution in [-0.2, 0) is 4.79 Å². The summed E-state index contributed by atoms with van der Waals surface area (Å²) in [7, 11) is 0. The van der Waals surface area contributed by atoms with E-state index >= 15 is 0 Å². The molecule has 0 radical (unpaired) electrons. The van der Waals surface area contributed by atoms with Crippen LogP contribution in [0.15, 0.2) is 30.3 Å². The SMILES string of the molecule is CC1=CC(C)(C)Nc2ccccc21.CCCCCCCCCCCCCCCCCC(=O)O. The molecule has 0 saturated heterocycles. The fourth-order valence-electron chi connectivity index (χ4n) is 4.59. The number of allylic oxidation sites excluding steroid dienone is 1. The van der Waals surface area contributed by atoms with Crippen molar-refractivity contribution in [2.75, 3.05) is 5.32 Å². The number of benzene rings is 1. The molecular weight excluding hydrogens is 406 g/mol. The molecule has 0 amide bonds. The summed E-state index contributed by atoms with van der Waals surface area (Å²) >= 11 is 0. The zero-order valence-electron chi connectivity index (χ0n) is 22.1. The Morgan fingerprint density at radius 2 is 1.24 bits per heavy atom. The van der Waals surface area contributed by atoms with Crippen LogP contribution in [0.4, 0.5) is 5.69 Å². The third-order valence-corrected chi connectivity index (χ3v) is 6.38. The van der Waals surface area contributed by atoms with Crippen molar-refractivity contribution in [1.82, 2.24) is 0 Å². The second kappa shape index (κ2) is 17.7. The van der Waals surface area contributed by atoms with Gasteiger partial charge in [-0.2, -0.15) is 0 Å². The zero-order chi connectivity index (χ0) is 24.4. The van der Waals surface area contributed by atoms with Gasteiger partial charge in [0, 0.05) is 17.7 Å². The molecule has 0 aliphatic carbocycles. The number of para-hydroxylation sites is 1. The Kier molecular flexibility index (Phi) is 15.7. The summed E-state index contributed by atoms with van der Waals surface area (Å²) in [6.07, 6.45) is 22.5. The normalized spacial score (nSPS) is 13.9. The molecular formula is C30H51NO2. The molecule has 1 aliphatic rings. The van der Waals surface area contributed by atoms with Gasteiger partial charge >= 0.3 is 5.97 Å². The van der Waals surface area contributed by atoms with E-state index < -0.39 is 5.97 Å². The van der Waals surface area contributed by atoms with E-state index in [0.29, 0.717) is 6.42 Å². The summed E-state index contributed by atoms with van der Waals surface area (Å²) in [4.78, 5) is 10.3. The van der Waals surface area contributed by atoms with Gasteiger partial charge in [-0.15, -0.1) is 0 Å². The fourth-order valence-corrected chi connectivity index (χ4v) is 4.59. The van der Waals surface area contributed by atoms with E-state index in [1.807, 2.05) is 0 Å². The predicted molar refractivity (Wildman–Crippen MR) is 145 cm³/mol. The lowest BCUT2D eigenvalue weighted by molar-refractivity contribution is -0.137. The van der Waals surface area contributed by atoms with Gasteiger partial charge in [0.2, 0.25) is 0 Å². The summed E-state index contributed by atoms with van der Waals surface area (Å²) in [5.74, 6) is -0.653. The third-order valence-electron chi connectivity index (χ3n) is 6.38. The van der Waals surface area contributed by atoms with Gasteiger partial charge in [-0.3, -0.25) is 4.79 Å². The number of carboxylic acid groups (broad SMARTS) is 1. The molecule has 3 nitrogen and oxygen atoms in total. The summed E-state index contributed by atoms with van der Waals surface area (Å²) < 4.78 is 0. The molecule has 0 bridgehead atoms. The summed E-state index contributed by atoms with van der Waals surface area (Å²) in [5, 5.41) is 12.0. The fraction of sp³-hybridized carbons (Fsp3) is 0.700. The highest BCUT2D eigenvalue weighted by molar-refractivity contribution is 5.79. The van der Waals surface area contributed by atoms with Gasteiger partial charge in [-0.1, -0.05) is 121 Å². The number of carboxylic acids is 1. The number of aliphatic carboxylic acids is 1. The maximum absolute atomic E-state index is 10.3. The second-order valence-electron chi connectivity index (χ2n) is 10.3. The van der Waals surface area contributed by atoms with Gasteiger partial charge in [-0.25, -0.2) is 0 Å². The lowest BCUT2D eigenvalue weighted by Gasteiger charge is -2.31. The number of carbonyl (C=O) groups is 1. The molecule has 0 atom stereocenters. The minimum absolute atomic E-state index is 0.0818. The highest BCUT2D eigenvalue weighted by Crippen LogP contribution is 2.32. The molecule has 0 aromatic heterocycles. The lowest BCUT2D eigenvalue weighted by atomic mass is 9.91. The van der Waals surface area contributed by atoms with Crippen LogP contribution in [0.2, 0.25) is 0 Å². The van der Waals surface area contributed by atoms with Crippen LogP contribution in [0.1, 0.15) is 136 Å². The Bertz CT molecular complexity index is 678. The van der Waals surface area contributed by atoms with Crippen LogP contribution in [0.25, 0.3) is 5.57 Å². The molecule has 33 heavy (non-hydrogen) atoms. The van der Waals surface area contributed by atoms with E-state index in [1.54, 1.807) is 0 Å². The maximum Gasteiger partial charge on any atom is 0.303 e. The number of rotatable bonds is 16. The number of nitrogens with one attached hydrogen (secondary N) is 1. The number of fused-ring (bicyclic) bond motifs is 1. The summed E-state index contributed by atoms with van der Waals surface area (Å²) in [5.41, 5.74) is 4.01. The minimum Gasteiger partial charge on any atom is -0.481 e. The second-order valence-corrected chi connectivity index (χ2v) is 10.3. The van der Waals surface area contributed by atoms with Crippen LogP contribution >= 0.6 is 0 Å². The maximum atomic E-state index is 10.3. The largest absolute Gasteiger partial charge is 0.481 e. The smallest absolute Gasteiger partial charge is 0.303 e. The topological polar surface area (TPSA) is 49.3 Å². The van der Waals surface area contributed by atoms with Crippen molar-refractivity contribution in [2.45, 2.75) is 136 Å². The van der Waals surface area contributed by atoms with Gasteiger partial charge < -0.3 is 10.4 Å². The van der Waals surface area contributed by atoms with Crippen LogP contribution in [0.5, 0.6) is 0 Å². The van der Waals surface area contributed by atoms with E-state index in [9.17, 15) is 4.79 Å². The van der Waals surface area contributed by atoms with Crippen molar-refractivity contribution in [3.8, 4) is 0 Å². The van der Waals surface area contributed by atoms with Gasteiger partial charge in [0.15, 0.2) is 0 Å². The van der Waals surface area contributed by atoms with Crippen molar-refractivity contribution < 1.29 is 9.90 Å². The quantitative estimate of drug-likeness (QED) is 0.243. The number of hydrogen-bond acceptors (Lipinski definition) is 2. The molecule has 0 spiro atoms. The average Bonchev–Trinajstić information content (AvgIpc) is 2.76. The third kappa shape index (κ3) is 14.9. The Morgan fingerprint density at radius 1 is 0.788 bits per heavy atom. The van der Waals surface area contributed by atoms with Crippen molar-refractivity contribution in [1.29, 1.82) is 0 Å². The molecule has 0 saturated carbocycles. The van der Waals surface area contributed by atoms with E-state index in [2.05, 4.69) is 63.4 Å². The molecule has 2 rings (SSSR count). The van der Waals surface area contributed by atoms with Gasteiger partial charge in [0.25, 0.3) is 0 Å². The monoisotopic (exact) mass is 457 g/mol. The van der Waals surface area contributed by atoms with E-state index in [0.717, 1.165) is 12.8 Å². The predicted octanol–water partition coefficient (Wildman–Crippen LogP) is 9.63. The first-order valence-corrected chi connectivity index (χ1v) is 13.6. The van der Waals surface area contributed by atoms with Crippen molar-refractivity contribution in [2.24, 2.45) is 0 Å². The Balaban J connectivity index is 0.000000357. The molecule has 1 aromatic carbocycles. The molecule has 2 N–H and O–H groups in total. The zero-order valence-corrected chi connectivity index (χ0v) is 22.1. The molecule has 188 valence electrons. The van der Waals surface area contributed by atoms with Gasteiger partial charge in [0.05, 0.1) is 5.54 Å². The minimum atomic E-state index is -0.653. The molecule has 0 fully saturated rings. The van der Waals surface area contributed by atoms with Crippen molar-refractivity contribution in [3.05, 3.63) is 35.9 Å².